The molecule has 5 nitrogen and oxygen atoms in total. The van der Waals surface area contributed by atoms with Crippen molar-refractivity contribution in [1.82, 2.24) is 4.98 Å². The lowest BCUT2D eigenvalue weighted by atomic mass is 10.1. The van der Waals surface area contributed by atoms with E-state index in [1.165, 1.54) is 11.8 Å². The van der Waals surface area contributed by atoms with Crippen molar-refractivity contribution >= 4 is 34.3 Å². The number of hydrogen-bond donors (Lipinski definition) is 1. The van der Waals surface area contributed by atoms with Crippen LogP contribution < -0.4 is 10.1 Å². The third-order valence-corrected chi connectivity index (χ3v) is 5.33. The fourth-order valence-corrected chi connectivity index (χ4v) is 3.81. The average molecular weight is 391 g/mol. The van der Waals surface area contributed by atoms with Crippen LogP contribution in [0.15, 0.2) is 41.4 Å². The summed E-state index contributed by atoms with van der Waals surface area (Å²) in [5, 5.41) is 13.9. The number of ether oxygens (including phenoxy) is 1. The Bertz CT molecular complexity index is 1100. The second kappa shape index (κ2) is 8.32. The summed E-state index contributed by atoms with van der Waals surface area (Å²) in [6, 6.07) is 13.7. The molecule has 28 heavy (non-hydrogen) atoms. The first kappa shape index (κ1) is 19.7. The van der Waals surface area contributed by atoms with Crippen LogP contribution in [0.5, 0.6) is 5.75 Å². The summed E-state index contributed by atoms with van der Waals surface area (Å²) in [6.45, 7) is 5.97. The number of nitrogens with one attached hydrogen (secondary N) is 1. The molecular weight excluding hydrogens is 370 g/mol. The second-order valence-electron chi connectivity index (χ2n) is 6.64. The van der Waals surface area contributed by atoms with E-state index in [0.717, 1.165) is 27.6 Å². The highest BCUT2D eigenvalue weighted by molar-refractivity contribution is 8.00. The summed E-state index contributed by atoms with van der Waals surface area (Å²) in [7, 11) is 1.57. The van der Waals surface area contributed by atoms with Gasteiger partial charge in [-0.15, -0.1) is 0 Å². The van der Waals surface area contributed by atoms with Crippen molar-refractivity contribution in [3.8, 4) is 11.8 Å². The molecule has 3 rings (SSSR count). The van der Waals surface area contributed by atoms with Gasteiger partial charge in [-0.1, -0.05) is 23.9 Å². The number of carbonyl (C=O) groups is 1. The number of fused-ring (bicyclic) bond motifs is 1. The van der Waals surface area contributed by atoms with Gasteiger partial charge in [0.05, 0.1) is 29.6 Å². The monoisotopic (exact) mass is 391 g/mol. The fraction of sp³-hybridized carbons (Fsp3) is 0.227. The molecular formula is C22H21N3O2S. The number of nitriles is 1. The highest BCUT2D eigenvalue weighted by Gasteiger charge is 2.13. The van der Waals surface area contributed by atoms with Crippen molar-refractivity contribution in [1.29, 1.82) is 5.26 Å². The Morgan fingerprint density at radius 3 is 2.68 bits per heavy atom. The quantitative estimate of drug-likeness (QED) is 0.634. The van der Waals surface area contributed by atoms with Gasteiger partial charge in [-0.25, -0.2) is 4.98 Å². The predicted molar refractivity (Wildman–Crippen MR) is 113 cm³/mol. The number of thioether (sulfide) groups is 1. The Kier molecular flexibility index (Phi) is 5.86. The molecule has 1 N–H and O–H groups in total. The first-order valence-corrected chi connectivity index (χ1v) is 9.79. The largest absolute Gasteiger partial charge is 0.495 e. The number of amides is 1. The number of aromatic nitrogens is 1. The van der Waals surface area contributed by atoms with Gasteiger partial charge in [0, 0.05) is 5.39 Å². The SMILES string of the molecule is COc1ccc(C)cc1NC(=O)CSc1nc2cc(C)cc(C)c2cc1C#N. The Labute approximate surface area is 168 Å². The molecule has 0 unspecified atom stereocenters. The maximum atomic E-state index is 12.4. The zero-order valence-corrected chi connectivity index (χ0v) is 17.1. The summed E-state index contributed by atoms with van der Waals surface area (Å²) in [5.74, 6) is 0.575. The van der Waals surface area contributed by atoms with Crippen LogP contribution in [0.25, 0.3) is 10.9 Å². The van der Waals surface area contributed by atoms with Gasteiger partial charge in [0.15, 0.2) is 0 Å². The van der Waals surface area contributed by atoms with E-state index in [1.54, 1.807) is 7.11 Å². The molecule has 6 heteroatoms. The molecule has 0 atom stereocenters. The molecule has 1 amide bonds. The summed E-state index contributed by atoms with van der Waals surface area (Å²) in [5.41, 5.74) is 5.16. The summed E-state index contributed by atoms with van der Waals surface area (Å²) < 4.78 is 5.29. The number of anilines is 1. The fourth-order valence-electron chi connectivity index (χ4n) is 3.04. The molecule has 0 spiro atoms. The molecule has 142 valence electrons. The maximum absolute atomic E-state index is 12.4. The highest BCUT2D eigenvalue weighted by Crippen LogP contribution is 2.28. The molecule has 0 aliphatic heterocycles. The molecule has 2 aromatic carbocycles. The van der Waals surface area contributed by atoms with Crippen LogP contribution in [0.2, 0.25) is 0 Å². The molecule has 0 saturated carbocycles. The van der Waals surface area contributed by atoms with E-state index in [4.69, 9.17) is 4.74 Å². The third-order valence-electron chi connectivity index (χ3n) is 4.34. The van der Waals surface area contributed by atoms with E-state index in [-0.39, 0.29) is 11.7 Å². The number of benzene rings is 2. The Hall–Kier alpha value is -3.04. The van der Waals surface area contributed by atoms with Crippen molar-refractivity contribution in [3.05, 3.63) is 58.7 Å². The van der Waals surface area contributed by atoms with Crippen molar-refractivity contribution in [2.24, 2.45) is 0 Å². The van der Waals surface area contributed by atoms with Gasteiger partial charge >= 0.3 is 0 Å². The van der Waals surface area contributed by atoms with E-state index < -0.39 is 0 Å². The summed E-state index contributed by atoms with van der Waals surface area (Å²) >= 11 is 1.26. The van der Waals surface area contributed by atoms with Crippen LogP contribution in [0.3, 0.4) is 0 Å². The van der Waals surface area contributed by atoms with Crippen LogP contribution >= 0.6 is 11.8 Å². The van der Waals surface area contributed by atoms with Crippen LogP contribution in [-0.2, 0) is 4.79 Å². The molecule has 0 aliphatic rings. The number of methoxy groups -OCH3 is 1. The molecule has 0 bridgehead atoms. The molecule has 0 saturated heterocycles. The van der Waals surface area contributed by atoms with Gasteiger partial charge in [0.25, 0.3) is 0 Å². The third kappa shape index (κ3) is 4.26. The van der Waals surface area contributed by atoms with Gasteiger partial charge in [-0.3, -0.25) is 4.79 Å². The first-order valence-electron chi connectivity index (χ1n) is 8.80. The number of hydrogen-bond acceptors (Lipinski definition) is 5. The molecule has 0 fully saturated rings. The average Bonchev–Trinajstić information content (AvgIpc) is 2.65. The van der Waals surface area contributed by atoms with Gasteiger partial charge in [-0.05, 0) is 61.7 Å². The summed E-state index contributed by atoms with van der Waals surface area (Å²) in [6.07, 6.45) is 0. The van der Waals surface area contributed by atoms with Crippen molar-refractivity contribution in [2.75, 3.05) is 18.2 Å². The minimum absolute atomic E-state index is 0.148. The Morgan fingerprint density at radius 1 is 1.18 bits per heavy atom. The number of nitrogens with zero attached hydrogens (tertiary/aromatic N) is 2. The van der Waals surface area contributed by atoms with Crippen LogP contribution in [0.4, 0.5) is 5.69 Å². The summed E-state index contributed by atoms with van der Waals surface area (Å²) in [4.78, 5) is 17.1. The number of rotatable bonds is 5. The molecule has 1 aromatic heterocycles. The topological polar surface area (TPSA) is 75.0 Å². The van der Waals surface area contributed by atoms with Crippen LogP contribution in [0.1, 0.15) is 22.3 Å². The zero-order chi connectivity index (χ0) is 20.3. The van der Waals surface area contributed by atoms with Crippen LogP contribution in [0, 0.1) is 32.1 Å². The number of pyridine rings is 1. The van der Waals surface area contributed by atoms with Crippen molar-refractivity contribution in [3.63, 3.8) is 0 Å². The molecule has 0 aliphatic carbocycles. The molecule has 1 heterocycles. The van der Waals surface area contributed by atoms with Crippen LogP contribution in [-0.4, -0.2) is 23.8 Å². The van der Waals surface area contributed by atoms with Gasteiger partial charge in [0.2, 0.25) is 5.91 Å². The minimum atomic E-state index is -0.180. The first-order chi connectivity index (χ1) is 13.4. The smallest absolute Gasteiger partial charge is 0.234 e. The predicted octanol–water partition coefficient (Wildman–Crippen LogP) is 4.77. The van der Waals surface area contributed by atoms with Gasteiger partial charge < -0.3 is 10.1 Å². The van der Waals surface area contributed by atoms with E-state index in [0.29, 0.717) is 22.0 Å². The second-order valence-corrected chi connectivity index (χ2v) is 7.61. The normalized spacial score (nSPS) is 10.5. The maximum Gasteiger partial charge on any atom is 0.234 e. The van der Waals surface area contributed by atoms with E-state index in [1.807, 2.05) is 51.1 Å². The lowest BCUT2D eigenvalue weighted by molar-refractivity contribution is -0.113. The molecule has 0 radical (unpaired) electrons. The Morgan fingerprint density at radius 2 is 1.96 bits per heavy atom. The van der Waals surface area contributed by atoms with E-state index >= 15 is 0 Å². The highest BCUT2D eigenvalue weighted by atomic mass is 32.2. The number of aryl methyl sites for hydroxylation is 3. The van der Waals surface area contributed by atoms with Crippen molar-refractivity contribution < 1.29 is 9.53 Å². The lowest BCUT2D eigenvalue weighted by Crippen LogP contribution is -2.15. The van der Waals surface area contributed by atoms with E-state index in [2.05, 4.69) is 22.4 Å². The number of carbonyl (C=O) groups excluding carboxylic acids is 1. The lowest BCUT2D eigenvalue weighted by Gasteiger charge is -2.11. The van der Waals surface area contributed by atoms with Gasteiger partial charge in [0.1, 0.15) is 16.8 Å². The van der Waals surface area contributed by atoms with Gasteiger partial charge in [-0.2, -0.15) is 5.26 Å². The Balaban J connectivity index is 1.80. The zero-order valence-electron chi connectivity index (χ0n) is 16.3. The molecule has 3 aromatic rings. The van der Waals surface area contributed by atoms with Crippen molar-refractivity contribution in [2.45, 2.75) is 25.8 Å². The minimum Gasteiger partial charge on any atom is -0.495 e. The van der Waals surface area contributed by atoms with E-state index in [9.17, 15) is 10.1 Å². The standard InChI is InChI=1S/C22H21N3O2S/c1-13-5-6-20(27-4)19(8-13)24-21(26)12-28-22-16(11-23)10-17-15(3)7-14(2)9-18(17)25-22/h5-10H,12H2,1-4H3,(H,24,26).